The molecule has 0 heterocycles. The van der Waals surface area contributed by atoms with Crippen molar-refractivity contribution in [2.24, 2.45) is 17.8 Å². The monoisotopic (exact) mass is 406 g/mol. The van der Waals surface area contributed by atoms with Crippen molar-refractivity contribution in [2.45, 2.75) is 89.4 Å². The molecule has 1 heteroatoms. The standard InChI is InChI=1S/C29H39F/c1-22(26-5-3-2-4-6-26)21-25-11-9-23(10-12-25)7-8-24-13-15-27(16-14-24)28-17-19-29(30)20-18-28/h2-6,17-20,22-25,27H,7-16,21H2,1H3. The van der Waals surface area contributed by atoms with E-state index in [1.807, 2.05) is 12.1 Å². The first-order valence-corrected chi connectivity index (χ1v) is 12.5. The van der Waals surface area contributed by atoms with E-state index in [2.05, 4.69) is 37.3 Å². The van der Waals surface area contributed by atoms with Gasteiger partial charge < -0.3 is 0 Å². The van der Waals surface area contributed by atoms with E-state index in [0.717, 1.165) is 17.8 Å². The van der Waals surface area contributed by atoms with Gasteiger partial charge in [-0.1, -0.05) is 87.9 Å². The molecule has 0 amide bonds. The van der Waals surface area contributed by atoms with Gasteiger partial charge in [0.25, 0.3) is 0 Å². The first-order valence-electron chi connectivity index (χ1n) is 12.5. The van der Waals surface area contributed by atoms with Crippen molar-refractivity contribution in [3.63, 3.8) is 0 Å². The average Bonchev–Trinajstić information content (AvgIpc) is 2.80. The SMILES string of the molecule is CC(CC1CCC(CCC2CCC(c3ccc(F)cc3)CC2)CC1)c1ccccc1. The first kappa shape index (κ1) is 21.6. The quantitative estimate of drug-likeness (QED) is 0.430. The molecule has 2 aliphatic carbocycles. The van der Waals surface area contributed by atoms with Crippen LogP contribution < -0.4 is 0 Å². The summed E-state index contributed by atoms with van der Waals surface area (Å²) in [5.41, 5.74) is 2.86. The molecule has 1 unspecified atom stereocenters. The number of halogens is 1. The number of benzene rings is 2. The van der Waals surface area contributed by atoms with E-state index in [1.165, 1.54) is 81.8 Å². The molecular formula is C29H39F. The van der Waals surface area contributed by atoms with Crippen molar-refractivity contribution in [2.75, 3.05) is 0 Å². The van der Waals surface area contributed by atoms with Crippen LogP contribution in [-0.4, -0.2) is 0 Å². The van der Waals surface area contributed by atoms with Crippen LogP contribution >= 0.6 is 0 Å². The molecule has 0 N–H and O–H groups in total. The summed E-state index contributed by atoms with van der Waals surface area (Å²) in [6, 6.07) is 18.3. The van der Waals surface area contributed by atoms with E-state index in [9.17, 15) is 4.39 Å². The zero-order valence-corrected chi connectivity index (χ0v) is 18.7. The lowest BCUT2D eigenvalue weighted by Crippen LogP contribution is -2.18. The second kappa shape index (κ2) is 10.6. The zero-order chi connectivity index (χ0) is 20.8. The van der Waals surface area contributed by atoms with Crippen LogP contribution in [0.1, 0.15) is 101 Å². The molecule has 2 aliphatic rings. The van der Waals surface area contributed by atoms with E-state index in [4.69, 9.17) is 0 Å². The molecule has 0 aliphatic heterocycles. The van der Waals surface area contributed by atoms with Crippen LogP contribution in [0.4, 0.5) is 4.39 Å². The lowest BCUT2D eigenvalue weighted by molar-refractivity contribution is 0.220. The van der Waals surface area contributed by atoms with Crippen LogP contribution in [0.2, 0.25) is 0 Å². The van der Waals surface area contributed by atoms with Gasteiger partial charge in [-0.3, -0.25) is 0 Å². The van der Waals surface area contributed by atoms with Crippen LogP contribution in [0.25, 0.3) is 0 Å². The molecule has 1 atom stereocenters. The summed E-state index contributed by atoms with van der Waals surface area (Å²) < 4.78 is 13.2. The smallest absolute Gasteiger partial charge is 0.123 e. The lowest BCUT2D eigenvalue weighted by atomic mass is 9.73. The molecule has 4 rings (SSSR count). The second-order valence-electron chi connectivity index (χ2n) is 10.3. The van der Waals surface area contributed by atoms with Gasteiger partial charge in [-0.15, -0.1) is 0 Å². The summed E-state index contributed by atoms with van der Waals surface area (Å²) in [5, 5.41) is 0. The molecule has 2 aromatic rings. The minimum Gasteiger partial charge on any atom is -0.207 e. The third-order valence-corrected chi connectivity index (χ3v) is 8.19. The number of hydrogen-bond acceptors (Lipinski definition) is 0. The van der Waals surface area contributed by atoms with Gasteiger partial charge in [-0.2, -0.15) is 0 Å². The number of hydrogen-bond donors (Lipinski definition) is 0. The van der Waals surface area contributed by atoms with Crippen molar-refractivity contribution in [3.8, 4) is 0 Å². The van der Waals surface area contributed by atoms with E-state index in [0.29, 0.717) is 11.8 Å². The Bertz CT molecular complexity index is 734. The fourth-order valence-electron chi connectivity index (χ4n) is 6.16. The summed E-state index contributed by atoms with van der Waals surface area (Å²) in [6.45, 7) is 2.41. The third-order valence-electron chi connectivity index (χ3n) is 8.19. The van der Waals surface area contributed by atoms with Crippen molar-refractivity contribution in [1.82, 2.24) is 0 Å². The molecule has 0 spiro atoms. The first-order chi connectivity index (χ1) is 14.7. The van der Waals surface area contributed by atoms with E-state index >= 15 is 0 Å². The van der Waals surface area contributed by atoms with Gasteiger partial charge in [0.2, 0.25) is 0 Å². The second-order valence-corrected chi connectivity index (χ2v) is 10.3. The maximum Gasteiger partial charge on any atom is 0.123 e. The fraction of sp³-hybridized carbons (Fsp3) is 0.586. The van der Waals surface area contributed by atoms with Crippen molar-refractivity contribution < 1.29 is 4.39 Å². The topological polar surface area (TPSA) is 0 Å². The van der Waals surface area contributed by atoms with Crippen molar-refractivity contribution in [3.05, 3.63) is 71.5 Å². The van der Waals surface area contributed by atoms with Crippen LogP contribution in [0.15, 0.2) is 54.6 Å². The molecule has 30 heavy (non-hydrogen) atoms. The van der Waals surface area contributed by atoms with Gasteiger partial charge in [-0.05, 0) is 85.0 Å². The van der Waals surface area contributed by atoms with E-state index < -0.39 is 0 Å². The molecule has 2 aromatic carbocycles. The van der Waals surface area contributed by atoms with Gasteiger partial charge in [0.05, 0.1) is 0 Å². The Morgan fingerprint density at radius 2 is 1.23 bits per heavy atom. The number of rotatable bonds is 7. The molecule has 2 saturated carbocycles. The predicted octanol–water partition coefficient (Wildman–Crippen LogP) is 8.88. The Labute approximate surface area is 183 Å². The predicted molar refractivity (Wildman–Crippen MR) is 125 cm³/mol. The minimum atomic E-state index is -0.114. The molecule has 0 saturated heterocycles. The van der Waals surface area contributed by atoms with Crippen molar-refractivity contribution >= 4 is 0 Å². The summed E-state index contributed by atoms with van der Waals surface area (Å²) >= 11 is 0. The van der Waals surface area contributed by atoms with Gasteiger partial charge in [-0.25, -0.2) is 4.39 Å². The van der Waals surface area contributed by atoms with E-state index in [1.54, 1.807) is 12.1 Å². The normalized spacial score (nSPS) is 28.2. The Morgan fingerprint density at radius 3 is 1.83 bits per heavy atom. The molecular weight excluding hydrogens is 367 g/mol. The lowest BCUT2D eigenvalue weighted by Gasteiger charge is -2.33. The highest BCUT2D eigenvalue weighted by atomic mass is 19.1. The van der Waals surface area contributed by atoms with Gasteiger partial charge in [0.15, 0.2) is 0 Å². The molecule has 162 valence electrons. The Hall–Kier alpha value is -1.63. The average molecular weight is 407 g/mol. The Morgan fingerprint density at radius 1 is 0.700 bits per heavy atom. The maximum absolute atomic E-state index is 13.2. The minimum absolute atomic E-state index is 0.114. The molecule has 2 fully saturated rings. The molecule has 0 radical (unpaired) electrons. The fourth-order valence-corrected chi connectivity index (χ4v) is 6.16. The van der Waals surface area contributed by atoms with Gasteiger partial charge in [0.1, 0.15) is 5.82 Å². The highest BCUT2D eigenvalue weighted by molar-refractivity contribution is 5.21. The third kappa shape index (κ3) is 5.96. The van der Waals surface area contributed by atoms with Gasteiger partial charge in [0, 0.05) is 0 Å². The summed E-state index contributed by atoms with van der Waals surface area (Å²) in [7, 11) is 0. The van der Waals surface area contributed by atoms with E-state index in [-0.39, 0.29) is 5.82 Å². The van der Waals surface area contributed by atoms with Crippen LogP contribution in [0.3, 0.4) is 0 Å². The summed E-state index contributed by atoms with van der Waals surface area (Å²) in [5.74, 6) is 4.08. The largest absolute Gasteiger partial charge is 0.207 e. The molecule has 0 nitrogen and oxygen atoms in total. The Kier molecular flexibility index (Phi) is 7.63. The zero-order valence-electron chi connectivity index (χ0n) is 18.7. The highest BCUT2D eigenvalue weighted by Gasteiger charge is 2.26. The van der Waals surface area contributed by atoms with Crippen LogP contribution in [0.5, 0.6) is 0 Å². The van der Waals surface area contributed by atoms with Crippen LogP contribution in [-0.2, 0) is 0 Å². The van der Waals surface area contributed by atoms with Gasteiger partial charge >= 0.3 is 0 Å². The maximum atomic E-state index is 13.2. The Balaban J connectivity index is 1.13. The van der Waals surface area contributed by atoms with Crippen molar-refractivity contribution in [1.29, 1.82) is 0 Å². The van der Waals surface area contributed by atoms with Crippen LogP contribution in [0, 0.1) is 23.6 Å². The molecule has 0 aromatic heterocycles. The highest BCUT2D eigenvalue weighted by Crippen LogP contribution is 2.41. The summed E-state index contributed by atoms with van der Waals surface area (Å²) in [6.07, 6.45) is 15.4. The summed E-state index contributed by atoms with van der Waals surface area (Å²) in [4.78, 5) is 0. The molecule has 0 bridgehead atoms.